The molecule has 7 heteroatoms. The number of hydrogen-bond acceptors (Lipinski definition) is 3. The Morgan fingerprint density at radius 2 is 1.54 bits per heavy atom. The SMILES string of the molecule is O=C(Nc1ccc(S(=O)(=O)N2CCCC2)cc1)c1ccc(I)cc1. The van der Waals surface area contributed by atoms with Gasteiger partial charge < -0.3 is 5.32 Å². The average Bonchev–Trinajstić information content (AvgIpc) is 3.11. The predicted molar refractivity (Wildman–Crippen MR) is 102 cm³/mol. The number of carbonyl (C=O) groups excluding carboxylic acids is 1. The Kier molecular flexibility index (Phi) is 5.21. The summed E-state index contributed by atoms with van der Waals surface area (Å²) in [6.07, 6.45) is 1.81. The molecule has 0 spiro atoms. The largest absolute Gasteiger partial charge is 0.322 e. The van der Waals surface area contributed by atoms with Crippen LogP contribution < -0.4 is 5.32 Å². The topological polar surface area (TPSA) is 66.5 Å². The predicted octanol–water partition coefficient (Wildman–Crippen LogP) is 3.33. The number of anilines is 1. The fourth-order valence-electron chi connectivity index (χ4n) is 2.59. The standard InChI is InChI=1S/C17H17IN2O3S/c18-14-5-3-13(4-6-14)17(21)19-15-7-9-16(10-8-15)24(22,23)20-11-1-2-12-20/h3-10H,1-2,11-12H2,(H,19,21). The number of rotatable bonds is 4. The monoisotopic (exact) mass is 456 g/mol. The average molecular weight is 456 g/mol. The Morgan fingerprint density at radius 3 is 2.12 bits per heavy atom. The Balaban J connectivity index is 1.72. The molecule has 0 unspecified atom stereocenters. The van der Waals surface area contributed by atoms with Gasteiger partial charge in [-0.2, -0.15) is 4.31 Å². The van der Waals surface area contributed by atoms with E-state index in [9.17, 15) is 13.2 Å². The van der Waals surface area contributed by atoms with E-state index in [0.29, 0.717) is 24.3 Å². The van der Waals surface area contributed by atoms with Crippen LogP contribution in [0.4, 0.5) is 5.69 Å². The lowest BCUT2D eigenvalue weighted by molar-refractivity contribution is 0.102. The van der Waals surface area contributed by atoms with Gasteiger partial charge in [0.05, 0.1) is 4.90 Å². The van der Waals surface area contributed by atoms with Gasteiger partial charge in [0.25, 0.3) is 5.91 Å². The van der Waals surface area contributed by atoms with Crippen molar-refractivity contribution in [1.29, 1.82) is 0 Å². The van der Waals surface area contributed by atoms with Gasteiger partial charge >= 0.3 is 0 Å². The first-order chi connectivity index (χ1) is 11.5. The van der Waals surface area contributed by atoms with Crippen LogP contribution in [0.5, 0.6) is 0 Å². The van der Waals surface area contributed by atoms with Crippen LogP contribution in [0.15, 0.2) is 53.4 Å². The fourth-order valence-corrected chi connectivity index (χ4v) is 4.47. The number of carbonyl (C=O) groups is 1. The van der Waals surface area contributed by atoms with Crippen molar-refractivity contribution in [1.82, 2.24) is 4.31 Å². The maximum atomic E-state index is 12.5. The van der Waals surface area contributed by atoms with Gasteiger partial charge in [0.15, 0.2) is 0 Å². The Hall–Kier alpha value is -1.45. The van der Waals surface area contributed by atoms with Crippen LogP contribution in [-0.2, 0) is 10.0 Å². The molecule has 1 aliphatic heterocycles. The summed E-state index contributed by atoms with van der Waals surface area (Å²) in [4.78, 5) is 12.4. The molecule has 0 atom stereocenters. The number of halogens is 1. The molecule has 3 rings (SSSR count). The maximum Gasteiger partial charge on any atom is 0.255 e. The lowest BCUT2D eigenvalue weighted by Crippen LogP contribution is -2.27. The molecule has 1 N–H and O–H groups in total. The zero-order chi connectivity index (χ0) is 17.2. The summed E-state index contributed by atoms with van der Waals surface area (Å²) in [6, 6.07) is 13.5. The van der Waals surface area contributed by atoms with E-state index in [2.05, 4.69) is 27.9 Å². The third kappa shape index (κ3) is 3.79. The van der Waals surface area contributed by atoms with Crippen LogP contribution in [0.1, 0.15) is 23.2 Å². The fraction of sp³-hybridized carbons (Fsp3) is 0.235. The molecule has 2 aromatic rings. The summed E-state index contributed by atoms with van der Waals surface area (Å²) in [7, 11) is -3.42. The van der Waals surface area contributed by atoms with Crippen molar-refractivity contribution in [2.45, 2.75) is 17.7 Å². The van der Waals surface area contributed by atoms with Gasteiger partial charge in [-0.1, -0.05) is 0 Å². The van der Waals surface area contributed by atoms with E-state index in [1.54, 1.807) is 24.3 Å². The molecule has 0 radical (unpaired) electrons. The van der Waals surface area contributed by atoms with E-state index in [4.69, 9.17) is 0 Å². The highest BCUT2D eigenvalue weighted by Gasteiger charge is 2.26. The molecule has 0 bridgehead atoms. The minimum absolute atomic E-state index is 0.221. The van der Waals surface area contributed by atoms with E-state index in [0.717, 1.165) is 16.4 Å². The number of nitrogens with zero attached hydrogens (tertiary/aromatic N) is 1. The lowest BCUT2D eigenvalue weighted by Gasteiger charge is -2.15. The highest BCUT2D eigenvalue weighted by Crippen LogP contribution is 2.22. The van der Waals surface area contributed by atoms with Gasteiger partial charge in [0.1, 0.15) is 0 Å². The summed E-state index contributed by atoms with van der Waals surface area (Å²) >= 11 is 2.18. The first-order valence-electron chi connectivity index (χ1n) is 7.64. The molecule has 0 saturated carbocycles. The van der Waals surface area contributed by atoms with Crippen LogP contribution in [0.25, 0.3) is 0 Å². The molecule has 0 aromatic heterocycles. The quantitative estimate of drug-likeness (QED) is 0.718. The van der Waals surface area contributed by atoms with Crippen molar-refractivity contribution in [3.63, 3.8) is 0 Å². The van der Waals surface area contributed by atoms with E-state index >= 15 is 0 Å². The molecule has 126 valence electrons. The molecule has 5 nitrogen and oxygen atoms in total. The summed E-state index contributed by atoms with van der Waals surface area (Å²) < 4.78 is 27.5. The van der Waals surface area contributed by atoms with Crippen molar-refractivity contribution in [3.05, 3.63) is 57.7 Å². The molecular weight excluding hydrogens is 439 g/mol. The van der Waals surface area contributed by atoms with Crippen LogP contribution in [0.2, 0.25) is 0 Å². The summed E-state index contributed by atoms with van der Waals surface area (Å²) in [6.45, 7) is 1.15. The Morgan fingerprint density at radius 1 is 0.958 bits per heavy atom. The van der Waals surface area contributed by atoms with Gasteiger partial charge in [0.2, 0.25) is 10.0 Å². The van der Waals surface area contributed by atoms with Crippen molar-refractivity contribution in [2.75, 3.05) is 18.4 Å². The molecule has 1 heterocycles. The van der Waals surface area contributed by atoms with Gasteiger partial charge in [-0.25, -0.2) is 8.42 Å². The number of hydrogen-bond donors (Lipinski definition) is 1. The normalized spacial score (nSPS) is 15.4. The van der Waals surface area contributed by atoms with Crippen molar-refractivity contribution >= 4 is 44.2 Å². The highest BCUT2D eigenvalue weighted by atomic mass is 127. The van der Waals surface area contributed by atoms with Crippen molar-refractivity contribution in [3.8, 4) is 0 Å². The van der Waals surface area contributed by atoms with E-state index in [1.807, 2.05) is 12.1 Å². The van der Waals surface area contributed by atoms with Crippen molar-refractivity contribution in [2.24, 2.45) is 0 Å². The first-order valence-corrected chi connectivity index (χ1v) is 10.2. The molecular formula is C17H17IN2O3S. The molecule has 0 aliphatic carbocycles. The Labute approximate surface area is 155 Å². The van der Waals surface area contributed by atoms with E-state index in [-0.39, 0.29) is 10.8 Å². The van der Waals surface area contributed by atoms with E-state index in [1.165, 1.54) is 16.4 Å². The highest BCUT2D eigenvalue weighted by molar-refractivity contribution is 14.1. The second kappa shape index (κ2) is 7.20. The zero-order valence-corrected chi connectivity index (χ0v) is 15.9. The molecule has 1 fully saturated rings. The van der Waals surface area contributed by atoms with Crippen LogP contribution >= 0.6 is 22.6 Å². The lowest BCUT2D eigenvalue weighted by atomic mass is 10.2. The molecule has 1 saturated heterocycles. The number of nitrogens with one attached hydrogen (secondary N) is 1. The Bertz CT molecular complexity index is 827. The zero-order valence-electron chi connectivity index (χ0n) is 12.9. The van der Waals surface area contributed by atoms with Crippen molar-refractivity contribution < 1.29 is 13.2 Å². The molecule has 1 amide bonds. The first kappa shape index (κ1) is 17.4. The summed E-state index contributed by atoms with van der Waals surface area (Å²) in [5.41, 5.74) is 1.13. The van der Waals surface area contributed by atoms with Gasteiger partial charge in [0, 0.05) is 27.9 Å². The smallest absolute Gasteiger partial charge is 0.255 e. The molecule has 1 aliphatic rings. The second-order valence-electron chi connectivity index (χ2n) is 5.60. The summed E-state index contributed by atoms with van der Waals surface area (Å²) in [5, 5.41) is 2.78. The molecule has 24 heavy (non-hydrogen) atoms. The van der Waals surface area contributed by atoms with Crippen LogP contribution in [-0.4, -0.2) is 31.7 Å². The van der Waals surface area contributed by atoms with Gasteiger partial charge in [-0.15, -0.1) is 0 Å². The third-order valence-corrected chi connectivity index (χ3v) is 6.55. The second-order valence-corrected chi connectivity index (χ2v) is 8.78. The number of sulfonamides is 1. The van der Waals surface area contributed by atoms with E-state index < -0.39 is 10.0 Å². The van der Waals surface area contributed by atoms with Gasteiger partial charge in [-0.3, -0.25) is 4.79 Å². The van der Waals surface area contributed by atoms with Gasteiger partial charge in [-0.05, 0) is 84.0 Å². The summed E-state index contributed by atoms with van der Waals surface area (Å²) in [5.74, 6) is -0.221. The minimum atomic E-state index is -3.42. The van der Waals surface area contributed by atoms with Crippen LogP contribution in [0, 0.1) is 3.57 Å². The third-order valence-electron chi connectivity index (χ3n) is 3.92. The number of benzene rings is 2. The number of amides is 1. The van der Waals surface area contributed by atoms with Crippen LogP contribution in [0.3, 0.4) is 0 Å². The minimum Gasteiger partial charge on any atom is -0.322 e. The molecule has 2 aromatic carbocycles. The maximum absolute atomic E-state index is 12.5.